The van der Waals surface area contributed by atoms with E-state index < -0.39 is 0 Å². The molecule has 0 atom stereocenters. The first kappa shape index (κ1) is 60.9. The lowest BCUT2D eigenvalue weighted by molar-refractivity contribution is 1.10. The van der Waals surface area contributed by atoms with Crippen molar-refractivity contribution in [1.29, 1.82) is 0 Å². The third-order valence-corrected chi connectivity index (χ3v) is 19.5. The van der Waals surface area contributed by atoms with E-state index in [1.54, 1.807) is 0 Å². The van der Waals surface area contributed by atoms with Crippen LogP contribution in [-0.2, 0) is 0 Å². The van der Waals surface area contributed by atoms with Crippen molar-refractivity contribution in [2.75, 3.05) is 0 Å². The quantitative estimate of drug-likeness (QED) is 0.121. The Morgan fingerprint density at radius 3 is 0.885 bits per heavy atom. The van der Waals surface area contributed by atoms with E-state index in [4.69, 9.17) is 29.9 Å². The average Bonchev–Trinajstić information content (AvgIpc) is 1.55. The molecule has 6 heterocycles. The Morgan fingerprint density at radius 1 is 0.173 bits per heavy atom. The molecular formula is C94H62N10. The van der Waals surface area contributed by atoms with E-state index in [-0.39, 0.29) is 0 Å². The molecule has 6 aromatic heterocycles. The molecule has 0 bridgehead atoms. The standard InChI is InChI=1S/2C47H31N5/c1-5-15-32(16-6-1)46-49-41-30-35(25-27-43(41)51(46)37-20-9-3-10-21-37)40-29-34-19-13-14-24-39(34)45(48-40)36-26-28-44-42(31-36)50-47(33-17-7-2-8-18-33)52(44)38-22-11-4-12-23-38;1-3-13-34(14-4-1)46-49-40-19-9-11-21-43(40)51(46)37-27-23-32(24-28-37)42-31-36-17-7-8-18-39(36)45(48-42)33-25-29-38(30-26-33)52-44-22-12-10-20-41(44)50-47(52)35-15-5-2-6-16-35/h2*1-31H. The Bertz CT molecular complexity index is 6550. The number of benzene rings is 14. The molecule has 0 saturated heterocycles. The first-order valence-corrected chi connectivity index (χ1v) is 34.9. The van der Waals surface area contributed by atoms with Gasteiger partial charge in [-0.25, -0.2) is 29.9 Å². The number of pyridine rings is 2. The van der Waals surface area contributed by atoms with Crippen LogP contribution in [0.2, 0.25) is 0 Å². The maximum absolute atomic E-state index is 5.38. The number of para-hydroxylation sites is 6. The lowest BCUT2D eigenvalue weighted by atomic mass is 10.0. The molecule has 0 N–H and O–H groups in total. The van der Waals surface area contributed by atoms with E-state index in [2.05, 4.69) is 346 Å². The van der Waals surface area contributed by atoms with Gasteiger partial charge in [0.25, 0.3) is 0 Å². The van der Waals surface area contributed by atoms with Crippen LogP contribution in [0.4, 0.5) is 0 Å². The lowest BCUT2D eigenvalue weighted by Crippen LogP contribution is -1.98. The second kappa shape index (κ2) is 26.1. The van der Waals surface area contributed by atoms with Gasteiger partial charge in [0.1, 0.15) is 23.3 Å². The zero-order chi connectivity index (χ0) is 68.9. The van der Waals surface area contributed by atoms with E-state index in [0.29, 0.717) is 0 Å². The monoisotopic (exact) mass is 1330 g/mol. The van der Waals surface area contributed by atoms with Gasteiger partial charge in [-0.3, -0.25) is 18.3 Å². The SMILES string of the molecule is c1ccc(-c2nc3cc(-c4cc5ccccc5c(-c5ccc6c(c5)nc(-c5ccccc5)n6-c5ccccc5)n4)ccc3n2-c2ccccc2)cc1.c1ccc(-c2nc3ccccc3n2-c2ccc(-c3cc4ccccc4c(-c4ccc(-n5c(-c6ccccc6)nc6ccccc65)cc4)n3)cc2)cc1. The van der Waals surface area contributed by atoms with E-state index in [9.17, 15) is 0 Å². The predicted octanol–water partition coefficient (Wildman–Crippen LogP) is 23.2. The highest BCUT2D eigenvalue weighted by Gasteiger charge is 2.22. The van der Waals surface area contributed by atoms with Gasteiger partial charge < -0.3 is 0 Å². The normalized spacial score (nSPS) is 11.5. The topological polar surface area (TPSA) is 97.1 Å². The van der Waals surface area contributed by atoms with E-state index in [1.165, 1.54) is 0 Å². The van der Waals surface area contributed by atoms with E-state index in [1.807, 2.05) is 48.5 Å². The third kappa shape index (κ3) is 11.1. The zero-order valence-electron chi connectivity index (χ0n) is 56.3. The Balaban J connectivity index is 0.000000143. The van der Waals surface area contributed by atoms with Gasteiger partial charge in [-0.05, 0) is 120 Å². The van der Waals surface area contributed by atoms with Crippen LogP contribution in [0, 0.1) is 0 Å². The Morgan fingerprint density at radius 2 is 0.462 bits per heavy atom. The maximum atomic E-state index is 5.38. The Kier molecular flexibility index (Phi) is 15.3. The molecule has 10 heteroatoms. The van der Waals surface area contributed by atoms with Crippen molar-refractivity contribution in [3.63, 3.8) is 0 Å². The van der Waals surface area contributed by atoms with Crippen molar-refractivity contribution in [3.05, 3.63) is 376 Å². The van der Waals surface area contributed by atoms with Crippen molar-refractivity contribution < 1.29 is 0 Å². The third-order valence-electron chi connectivity index (χ3n) is 19.5. The van der Waals surface area contributed by atoms with Crippen LogP contribution in [0.1, 0.15) is 0 Å². The van der Waals surface area contributed by atoms with Crippen LogP contribution in [-0.4, -0.2) is 48.2 Å². The highest BCUT2D eigenvalue weighted by atomic mass is 15.1. The van der Waals surface area contributed by atoms with Gasteiger partial charge in [-0.2, -0.15) is 0 Å². The van der Waals surface area contributed by atoms with Crippen LogP contribution in [0.5, 0.6) is 0 Å². The molecule has 0 fully saturated rings. The number of hydrogen-bond acceptors (Lipinski definition) is 6. The molecule has 0 unspecified atom stereocenters. The Labute approximate surface area is 599 Å². The van der Waals surface area contributed by atoms with Gasteiger partial charge >= 0.3 is 0 Å². The number of aromatic nitrogens is 10. The summed E-state index contributed by atoms with van der Waals surface area (Å²) in [6, 6.07) is 131. The van der Waals surface area contributed by atoms with Gasteiger partial charge in [0.2, 0.25) is 0 Å². The van der Waals surface area contributed by atoms with Crippen molar-refractivity contribution >= 4 is 65.7 Å². The summed E-state index contributed by atoms with van der Waals surface area (Å²) in [6.07, 6.45) is 0. The summed E-state index contributed by atoms with van der Waals surface area (Å²) >= 11 is 0. The van der Waals surface area contributed by atoms with Crippen LogP contribution in [0.3, 0.4) is 0 Å². The summed E-state index contributed by atoms with van der Waals surface area (Å²) in [7, 11) is 0. The minimum Gasteiger partial charge on any atom is -0.292 e. The zero-order valence-corrected chi connectivity index (χ0v) is 56.3. The highest BCUT2D eigenvalue weighted by molar-refractivity contribution is 6.01. The van der Waals surface area contributed by atoms with Gasteiger partial charge in [-0.15, -0.1) is 0 Å². The molecule has 14 aromatic carbocycles. The van der Waals surface area contributed by atoms with Gasteiger partial charge in [0, 0.05) is 78.0 Å². The van der Waals surface area contributed by atoms with Crippen molar-refractivity contribution in [2.45, 2.75) is 0 Å². The molecular weight excluding hydrogens is 1270 g/mol. The molecule has 488 valence electrons. The molecule has 20 aromatic rings. The summed E-state index contributed by atoms with van der Waals surface area (Å²) < 4.78 is 8.96. The molecule has 10 nitrogen and oxygen atoms in total. The summed E-state index contributed by atoms with van der Waals surface area (Å²) in [5.41, 5.74) is 24.4. The fraction of sp³-hybridized carbons (Fsp3) is 0. The molecule has 0 aliphatic heterocycles. The van der Waals surface area contributed by atoms with Crippen LogP contribution in [0.15, 0.2) is 376 Å². The second-order valence-electron chi connectivity index (χ2n) is 25.9. The minimum atomic E-state index is 0.894. The average molecular weight is 1330 g/mol. The molecule has 0 spiro atoms. The van der Waals surface area contributed by atoms with Gasteiger partial charge in [-0.1, -0.05) is 267 Å². The molecule has 0 amide bonds. The van der Waals surface area contributed by atoms with Crippen LogP contribution >= 0.6 is 0 Å². The number of fused-ring (bicyclic) bond motifs is 6. The Hall–Kier alpha value is -14.2. The fourth-order valence-corrected chi connectivity index (χ4v) is 14.5. The second-order valence-corrected chi connectivity index (χ2v) is 25.9. The van der Waals surface area contributed by atoms with E-state index in [0.717, 1.165) is 179 Å². The minimum absolute atomic E-state index is 0.894. The van der Waals surface area contributed by atoms with E-state index >= 15 is 0 Å². The molecule has 0 aliphatic carbocycles. The number of rotatable bonds is 12. The highest BCUT2D eigenvalue weighted by Crippen LogP contribution is 2.40. The molecule has 0 saturated carbocycles. The summed E-state index contributed by atoms with van der Waals surface area (Å²) in [6.45, 7) is 0. The number of hydrogen-bond donors (Lipinski definition) is 0. The summed E-state index contributed by atoms with van der Waals surface area (Å²) in [5, 5.41) is 4.49. The summed E-state index contributed by atoms with van der Waals surface area (Å²) in [5.74, 6) is 3.65. The molecule has 20 rings (SSSR count). The molecule has 0 aliphatic rings. The van der Waals surface area contributed by atoms with Gasteiger partial charge in [0.05, 0.1) is 66.9 Å². The number of nitrogens with zero attached hydrogens (tertiary/aromatic N) is 10. The lowest BCUT2D eigenvalue weighted by Gasteiger charge is -2.14. The number of imidazole rings is 4. The van der Waals surface area contributed by atoms with Gasteiger partial charge in [0.15, 0.2) is 0 Å². The predicted molar refractivity (Wildman–Crippen MR) is 425 cm³/mol. The fourth-order valence-electron chi connectivity index (χ4n) is 14.5. The largest absolute Gasteiger partial charge is 0.292 e. The first-order valence-electron chi connectivity index (χ1n) is 34.9. The maximum Gasteiger partial charge on any atom is 0.145 e. The van der Waals surface area contributed by atoms with Crippen LogP contribution in [0.25, 0.3) is 179 Å². The van der Waals surface area contributed by atoms with Crippen molar-refractivity contribution in [1.82, 2.24) is 48.2 Å². The smallest absolute Gasteiger partial charge is 0.145 e. The van der Waals surface area contributed by atoms with Crippen molar-refractivity contribution in [2.24, 2.45) is 0 Å². The van der Waals surface area contributed by atoms with Crippen molar-refractivity contribution in [3.8, 4) is 113 Å². The summed E-state index contributed by atoms with van der Waals surface area (Å²) in [4.78, 5) is 31.2. The molecule has 0 radical (unpaired) electrons. The molecule has 104 heavy (non-hydrogen) atoms. The first-order chi connectivity index (χ1) is 51.6. The van der Waals surface area contributed by atoms with Crippen LogP contribution < -0.4 is 0 Å².